The van der Waals surface area contributed by atoms with Gasteiger partial charge in [-0.1, -0.05) is 17.4 Å². The van der Waals surface area contributed by atoms with Crippen molar-refractivity contribution in [2.24, 2.45) is 0 Å². The van der Waals surface area contributed by atoms with Gasteiger partial charge < -0.3 is 9.47 Å². The minimum absolute atomic E-state index is 0.116. The standard InChI is InChI=1S/C24H33N5O3S/c1-16(2)29-18(4)15-19(26-29)23(30)28(10-6-9-27-11-13-32-14-12-27)24-25-21-20(31-5)8-7-17(3)22(21)33-24/h7-8,15-16H,6,9-14H2,1-5H3. The fraction of sp³-hybridized carbons (Fsp3) is 0.542. The number of thiazole rings is 1. The van der Waals surface area contributed by atoms with Crippen LogP contribution in [0.3, 0.4) is 0 Å². The molecule has 0 atom stereocenters. The molecule has 1 amide bonds. The second kappa shape index (κ2) is 10.2. The van der Waals surface area contributed by atoms with Gasteiger partial charge in [-0.15, -0.1) is 0 Å². The number of carbonyl (C=O) groups is 1. The van der Waals surface area contributed by atoms with E-state index in [9.17, 15) is 4.79 Å². The second-order valence-corrected chi connectivity index (χ2v) is 9.71. The van der Waals surface area contributed by atoms with Crippen molar-refractivity contribution >= 4 is 32.6 Å². The Labute approximate surface area is 199 Å². The third-order valence-corrected chi connectivity index (χ3v) is 7.19. The van der Waals surface area contributed by atoms with Gasteiger partial charge in [-0.2, -0.15) is 5.10 Å². The zero-order valence-electron chi connectivity index (χ0n) is 20.1. The van der Waals surface area contributed by atoms with E-state index in [-0.39, 0.29) is 11.9 Å². The van der Waals surface area contributed by atoms with Crippen LogP contribution in [-0.4, -0.2) is 72.1 Å². The predicted molar refractivity (Wildman–Crippen MR) is 132 cm³/mol. The number of hydrogen-bond donors (Lipinski definition) is 0. The Morgan fingerprint density at radius 2 is 2.03 bits per heavy atom. The summed E-state index contributed by atoms with van der Waals surface area (Å²) in [7, 11) is 1.65. The molecule has 0 unspecified atom stereocenters. The molecule has 178 valence electrons. The summed E-state index contributed by atoms with van der Waals surface area (Å²) in [6, 6.07) is 6.02. The molecule has 2 aromatic heterocycles. The minimum Gasteiger partial charge on any atom is -0.494 e. The number of aryl methyl sites for hydroxylation is 2. The number of aromatic nitrogens is 3. The number of morpholine rings is 1. The maximum Gasteiger partial charge on any atom is 0.280 e. The average Bonchev–Trinajstić information content (AvgIpc) is 3.42. The first-order valence-electron chi connectivity index (χ1n) is 11.5. The number of amides is 1. The Hall–Kier alpha value is -2.49. The third kappa shape index (κ3) is 5.05. The zero-order chi connectivity index (χ0) is 23.5. The van der Waals surface area contributed by atoms with Crippen LogP contribution in [0, 0.1) is 13.8 Å². The summed E-state index contributed by atoms with van der Waals surface area (Å²) in [5.74, 6) is 0.605. The number of fused-ring (bicyclic) bond motifs is 1. The van der Waals surface area contributed by atoms with Gasteiger partial charge in [0.05, 0.1) is 25.0 Å². The summed E-state index contributed by atoms with van der Waals surface area (Å²) in [4.78, 5) is 22.7. The van der Waals surface area contributed by atoms with Gasteiger partial charge in [0.1, 0.15) is 11.3 Å². The molecule has 0 bridgehead atoms. The molecule has 1 saturated heterocycles. The Morgan fingerprint density at radius 3 is 2.70 bits per heavy atom. The lowest BCUT2D eigenvalue weighted by Crippen LogP contribution is -2.39. The molecule has 0 saturated carbocycles. The van der Waals surface area contributed by atoms with Gasteiger partial charge in [0, 0.05) is 37.9 Å². The smallest absolute Gasteiger partial charge is 0.280 e. The third-order valence-electron chi connectivity index (χ3n) is 5.98. The summed E-state index contributed by atoms with van der Waals surface area (Å²) in [6.45, 7) is 13.1. The summed E-state index contributed by atoms with van der Waals surface area (Å²) >= 11 is 1.53. The predicted octanol–water partition coefficient (Wildman–Crippen LogP) is 4.07. The van der Waals surface area contributed by atoms with Crippen LogP contribution in [0.1, 0.15) is 48.1 Å². The lowest BCUT2D eigenvalue weighted by molar-refractivity contribution is 0.0376. The molecule has 1 fully saturated rings. The van der Waals surface area contributed by atoms with E-state index < -0.39 is 0 Å². The van der Waals surface area contributed by atoms with E-state index in [4.69, 9.17) is 14.5 Å². The number of ether oxygens (including phenoxy) is 2. The first-order valence-corrected chi connectivity index (χ1v) is 12.3. The first-order chi connectivity index (χ1) is 15.9. The van der Waals surface area contributed by atoms with Crippen LogP contribution in [-0.2, 0) is 4.74 Å². The van der Waals surface area contributed by atoms with E-state index in [1.54, 1.807) is 12.0 Å². The van der Waals surface area contributed by atoms with Gasteiger partial charge in [0.15, 0.2) is 10.8 Å². The van der Waals surface area contributed by atoms with Gasteiger partial charge in [0.25, 0.3) is 5.91 Å². The highest BCUT2D eigenvalue weighted by Gasteiger charge is 2.26. The summed E-state index contributed by atoms with van der Waals surface area (Å²) in [5, 5.41) is 5.29. The van der Waals surface area contributed by atoms with Crippen molar-refractivity contribution < 1.29 is 14.3 Å². The van der Waals surface area contributed by atoms with Gasteiger partial charge >= 0.3 is 0 Å². The molecule has 4 rings (SSSR count). The van der Waals surface area contributed by atoms with E-state index in [1.807, 2.05) is 29.8 Å². The van der Waals surface area contributed by atoms with E-state index in [1.165, 1.54) is 11.3 Å². The van der Waals surface area contributed by atoms with Gasteiger partial charge in [-0.3, -0.25) is 19.3 Å². The molecule has 1 aliphatic rings. The highest BCUT2D eigenvalue weighted by molar-refractivity contribution is 7.22. The molecule has 33 heavy (non-hydrogen) atoms. The molecule has 1 aromatic carbocycles. The van der Waals surface area contributed by atoms with Crippen molar-refractivity contribution in [2.75, 3.05) is 51.4 Å². The highest BCUT2D eigenvalue weighted by atomic mass is 32.1. The Morgan fingerprint density at radius 1 is 1.27 bits per heavy atom. The fourth-order valence-corrected chi connectivity index (χ4v) is 5.27. The van der Waals surface area contributed by atoms with Crippen molar-refractivity contribution in [3.8, 4) is 5.75 Å². The SMILES string of the molecule is COc1ccc(C)c2sc(N(CCCN3CCOCC3)C(=O)c3cc(C)n(C(C)C)n3)nc12. The molecule has 0 aliphatic carbocycles. The van der Waals surface area contributed by atoms with Crippen molar-refractivity contribution in [1.82, 2.24) is 19.7 Å². The Bertz CT molecular complexity index is 1120. The van der Waals surface area contributed by atoms with Crippen LogP contribution in [0.25, 0.3) is 10.2 Å². The highest BCUT2D eigenvalue weighted by Crippen LogP contribution is 2.37. The molecule has 3 aromatic rings. The number of methoxy groups -OCH3 is 1. The van der Waals surface area contributed by atoms with Gasteiger partial charge in [-0.05, 0) is 51.8 Å². The normalized spacial score (nSPS) is 14.8. The van der Waals surface area contributed by atoms with Crippen LogP contribution >= 0.6 is 11.3 Å². The number of nitrogens with zero attached hydrogens (tertiary/aromatic N) is 5. The van der Waals surface area contributed by atoms with Crippen LogP contribution in [0.4, 0.5) is 5.13 Å². The topological polar surface area (TPSA) is 72.7 Å². The monoisotopic (exact) mass is 471 g/mol. The van der Waals surface area contributed by atoms with Crippen molar-refractivity contribution in [3.05, 3.63) is 35.2 Å². The zero-order valence-corrected chi connectivity index (χ0v) is 20.9. The lowest BCUT2D eigenvalue weighted by atomic mass is 10.2. The Balaban J connectivity index is 1.65. The summed E-state index contributed by atoms with van der Waals surface area (Å²) in [5.41, 5.74) is 3.35. The number of hydrogen-bond acceptors (Lipinski definition) is 7. The van der Waals surface area contributed by atoms with E-state index in [0.717, 1.165) is 66.5 Å². The molecule has 0 spiro atoms. The molecular weight excluding hydrogens is 438 g/mol. The molecule has 1 aliphatic heterocycles. The number of anilines is 1. The summed E-state index contributed by atoms with van der Waals surface area (Å²) in [6.07, 6.45) is 0.849. The quantitative estimate of drug-likeness (QED) is 0.493. The number of rotatable bonds is 8. The number of carbonyl (C=O) groups excluding carboxylic acids is 1. The van der Waals surface area contributed by atoms with Gasteiger partial charge in [0.2, 0.25) is 0 Å². The molecule has 9 heteroatoms. The number of benzene rings is 1. The van der Waals surface area contributed by atoms with Crippen LogP contribution in [0.15, 0.2) is 18.2 Å². The van der Waals surface area contributed by atoms with Crippen LogP contribution in [0.5, 0.6) is 5.75 Å². The summed E-state index contributed by atoms with van der Waals surface area (Å²) < 4.78 is 13.9. The van der Waals surface area contributed by atoms with Crippen molar-refractivity contribution in [2.45, 2.75) is 40.2 Å². The van der Waals surface area contributed by atoms with E-state index in [2.05, 4.69) is 30.8 Å². The molecular formula is C24H33N5O3S. The second-order valence-electron chi connectivity index (χ2n) is 8.73. The minimum atomic E-state index is -0.116. The van der Waals surface area contributed by atoms with Crippen molar-refractivity contribution in [3.63, 3.8) is 0 Å². The molecule has 0 N–H and O–H groups in total. The molecule has 0 radical (unpaired) electrons. The first kappa shape index (κ1) is 23.7. The van der Waals surface area contributed by atoms with E-state index >= 15 is 0 Å². The Kier molecular flexibility index (Phi) is 7.31. The average molecular weight is 472 g/mol. The molecule has 8 nitrogen and oxygen atoms in total. The maximum absolute atomic E-state index is 13.7. The van der Waals surface area contributed by atoms with Crippen LogP contribution in [0.2, 0.25) is 0 Å². The van der Waals surface area contributed by atoms with Gasteiger partial charge in [-0.25, -0.2) is 4.98 Å². The maximum atomic E-state index is 13.7. The van der Waals surface area contributed by atoms with Crippen LogP contribution < -0.4 is 9.64 Å². The lowest BCUT2D eigenvalue weighted by Gasteiger charge is -2.27. The van der Waals surface area contributed by atoms with Crippen molar-refractivity contribution in [1.29, 1.82) is 0 Å². The van der Waals surface area contributed by atoms with E-state index in [0.29, 0.717) is 17.4 Å². The largest absolute Gasteiger partial charge is 0.494 e. The fourth-order valence-electron chi connectivity index (χ4n) is 4.19. The molecule has 3 heterocycles.